The summed E-state index contributed by atoms with van der Waals surface area (Å²) < 4.78 is 7.62. The fourth-order valence-corrected chi connectivity index (χ4v) is 8.63. The number of hydrogen-bond donors (Lipinski definition) is 4. The first kappa shape index (κ1) is 38.2. The predicted molar refractivity (Wildman–Crippen MR) is 217 cm³/mol. The Morgan fingerprint density at radius 1 is 0.800 bits per heavy atom. The molecule has 0 spiro atoms. The fourth-order valence-electron chi connectivity index (χ4n) is 8.18. The normalized spacial score (nSPS) is 18.6. The molecule has 5 aromatic rings. The van der Waals surface area contributed by atoms with E-state index in [1.54, 1.807) is 24.5 Å². The number of carbonyl (C=O) groups is 2. The largest absolute Gasteiger partial charge is 0.439 e. The Morgan fingerprint density at radius 2 is 1.58 bits per heavy atom. The Bertz CT molecular complexity index is 2020. The van der Waals surface area contributed by atoms with Crippen molar-refractivity contribution < 1.29 is 14.3 Å². The van der Waals surface area contributed by atoms with Crippen molar-refractivity contribution in [1.82, 2.24) is 30.7 Å². The molecule has 2 aliphatic rings. The van der Waals surface area contributed by atoms with E-state index >= 15 is 0 Å². The van der Waals surface area contributed by atoms with Gasteiger partial charge in [-0.15, -0.1) is 0 Å². The quantitative estimate of drug-likeness (QED) is 0.0948. The van der Waals surface area contributed by atoms with Crippen molar-refractivity contribution in [2.45, 2.75) is 82.5 Å². The van der Waals surface area contributed by atoms with E-state index in [9.17, 15) is 9.59 Å². The number of nitrogens with one attached hydrogen (secondary N) is 4. The molecule has 2 heterocycles. The van der Waals surface area contributed by atoms with Gasteiger partial charge in [0, 0.05) is 34.5 Å². The van der Waals surface area contributed by atoms with Crippen LogP contribution in [0.1, 0.15) is 86.6 Å². The number of benzene rings is 3. The monoisotopic (exact) mass is 779 g/mol. The average molecular weight is 781 g/mol. The number of carbonyl (C=O) groups excluding carboxylic acids is 2. The van der Waals surface area contributed by atoms with Crippen LogP contribution in [0.15, 0.2) is 110 Å². The van der Waals surface area contributed by atoms with Crippen molar-refractivity contribution in [1.29, 1.82) is 0 Å². The van der Waals surface area contributed by atoms with Crippen LogP contribution in [0.2, 0.25) is 10.0 Å². The lowest BCUT2D eigenvalue weighted by Gasteiger charge is -2.28. The Kier molecular flexibility index (Phi) is 12.5. The molecule has 0 bridgehead atoms. The van der Waals surface area contributed by atoms with E-state index in [1.807, 2.05) is 84.5 Å². The van der Waals surface area contributed by atoms with Crippen LogP contribution >= 0.6 is 23.2 Å². The van der Waals surface area contributed by atoms with Crippen molar-refractivity contribution in [3.63, 3.8) is 0 Å². The molecule has 2 aliphatic carbocycles. The van der Waals surface area contributed by atoms with Crippen molar-refractivity contribution in [2.75, 3.05) is 5.32 Å². The summed E-state index contributed by atoms with van der Waals surface area (Å²) >= 11 is 13.3. The number of ether oxygens (including phenoxy) is 1. The molecule has 5 atom stereocenters. The first-order valence-electron chi connectivity index (χ1n) is 19.1. The summed E-state index contributed by atoms with van der Waals surface area (Å²) in [6, 6.07) is 27.7. The first-order valence-corrected chi connectivity index (χ1v) is 19.9. The van der Waals surface area contributed by atoms with Crippen LogP contribution in [0, 0.1) is 11.8 Å². The van der Waals surface area contributed by atoms with Crippen LogP contribution in [-0.2, 0) is 6.54 Å². The number of para-hydroxylation sites is 1. The Labute approximate surface area is 332 Å². The van der Waals surface area contributed by atoms with E-state index in [1.165, 1.54) is 0 Å². The third-order valence-electron chi connectivity index (χ3n) is 10.7. The summed E-state index contributed by atoms with van der Waals surface area (Å²) in [6.45, 7) is 2.56. The number of nitrogens with zero attached hydrogens (tertiary/aromatic N) is 3. The third kappa shape index (κ3) is 10.4. The number of hydrogen-bond acceptors (Lipinski definition) is 5. The molecule has 0 radical (unpaired) electrons. The Balaban J connectivity index is 1.04. The summed E-state index contributed by atoms with van der Waals surface area (Å²) in [5.74, 6) is 1.80. The van der Waals surface area contributed by atoms with E-state index < -0.39 is 0 Å². The highest BCUT2D eigenvalue weighted by atomic mass is 35.5. The Morgan fingerprint density at radius 3 is 2.33 bits per heavy atom. The van der Waals surface area contributed by atoms with Gasteiger partial charge in [-0.3, -0.25) is 4.68 Å². The Hall–Kier alpha value is -5.06. The highest BCUT2D eigenvalue weighted by Gasteiger charge is 2.35. The van der Waals surface area contributed by atoms with Gasteiger partial charge in [0.15, 0.2) is 0 Å². The predicted octanol–water partition coefficient (Wildman–Crippen LogP) is 10.4. The number of amides is 4. The minimum Gasteiger partial charge on any atom is -0.439 e. The second-order valence-corrected chi connectivity index (χ2v) is 15.7. The van der Waals surface area contributed by atoms with Crippen LogP contribution < -0.4 is 26.0 Å². The second-order valence-electron chi connectivity index (χ2n) is 14.8. The zero-order valence-electron chi connectivity index (χ0n) is 30.8. The molecular formula is C43H47Cl2N7O3. The van der Waals surface area contributed by atoms with Crippen LogP contribution in [0.5, 0.6) is 11.6 Å². The summed E-state index contributed by atoms with van der Waals surface area (Å²) in [5, 5.41) is 18.2. The molecule has 2 aromatic heterocycles. The summed E-state index contributed by atoms with van der Waals surface area (Å²) in [4.78, 5) is 31.2. The van der Waals surface area contributed by atoms with Gasteiger partial charge in [0.05, 0.1) is 30.5 Å². The number of aromatic nitrogens is 3. The number of anilines is 1. The lowest BCUT2D eigenvalue weighted by molar-refractivity contribution is 0.226. The van der Waals surface area contributed by atoms with Crippen molar-refractivity contribution in [3.8, 4) is 11.6 Å². The van der Waals surface area contributed by atoms with Crippen molar-refractivity contribution in [3.05, 3.63) is 136 Å². The number of halogens is 2. The molecule has 0 aliphatic heterocycles. The molecule has 286 valence electrons. The highest BCUT2D eigenvalue weighted by molar-refractivity contribution is 6.31. The van der Waals surface area contributed by atoms with Crippen LogP contribution in [0.25, 0.3) is 0 Å². The van der Waals surface area contributed by atoms with E-state index in [2.05, 4.69) is 43.5 Å². The van der Waals surface area contributed by atoms with Crippen LogP contribution in [-0.4, -0.2) is 32.9 Å². The van der Waals surface area contributed by atoms with Gasteiger partial charge in [0.25, 0.3) is 0 Å². The molecule has 4 amide bonds. The van der Waals surface area contributed by atoms with E-state index in [0.29, 0.717) is 39.8 Å². The van der Waals surface area contributed by atoms with Gasteiger partial charge in [-0.05, 0) is 122 Å². The maximum atomic E-state index is 13.5. The molecule has 10 nitrogen and oxygen atoms in total. The van der Waals surface area contributed by atoms with E-state index in [0.717, 1.165) is 61.6 Å². The second kappa shape index (κ2) is 18.0. The van der Waals surface area contributed by atoms with Gasteiger partial charge >= 0.3 is 12.1 Å². The minimum absolute atomic E-state index is 0.102. The van der Waals surface area contributed by atoms with Gasteiger partial charge in [0.2, 0.25) is 5.88 Å². The first-order chi connectivity index (χ1) is 26.8. The number of rotatable bonds is 13. The fraction of sp³-hybridized carbons (Fsp3) is 0.349. The minimum atomic E-state index is -0.334. The molecule has 4 N–H and O–H groups in total. The maximum absolute atomic E-state index is 13.5. The summed E-state index contributed by atoms with van der Waals surface area (Å²) in [5.41, 5.74) is 3.68. The van der Waals surface area contributed by atoms with Crippen molar-refractivity contribution in [2.24, 2.45) is 11.8 Å². The van der Waals surface area contributed by atoms with Gasteiger partial charge < -0.3 is 26.0 Å². The topological polar surface area (TPSA) is 122 Å². The molecule has 5 unspecified atom stereocenters. The van der Waals surface area contributed by atoms with Gasteiger partial charge in [-0.1, -0.05) is 72.4 Å². The molecule has 0 saturated heterocycles. The average Bonchev–Trinajstić information content (AvgIpc) is 3.99. The SMILES string of the molecule is CC(Cn1cccn1)NC(=O)NC(c1cc(Cl)cc(C2CCC(C(NC(=O)Nc3ccc(Oc4ccccc4)nc3)c3cccc(Cl)c3)C2)c1)C1CCCC1. The van der Waals surface area contributed by atoms with Gasteiger partial charge in [0.1, 0.15) is 5.75 Å². The lowest BCUT2D eigenvalue weighted by atomic mass is 9.86. The molecule has 3 aromatic carbocycles. The van der Waals surface area contributed by atoms with E-state index in [4.69, 9.17) is 27.9 Å². The zero-order chi connectivity index (χ0) is 38.1. The number of pyridine rings is 1. The summed E-state index contributed by atoms with van der Waals surface area (Å²) in [7, 11) is 0. The van der Waals surface area contributed by atoms with E-state index in [-0.39, 0.29) is 42.0 Å². The standard InChI is InChI=1S/C43H47Cl2N7O3/c1-28(27-52-20-8-19-47-52)48-42(53)50-40(29-9-5-6-10-29)34-22-33(24-36(45)25-34)30-15-16-32(21-30)41(31-11-7-12-35(44)23-31)51-43(54)49-37-17-18-39(46-26-37)55-38-13-3-2-4-14-38/h2-4,7-8,11-14,17-20,22-26,28-30,32,40-41H,5-6,9-10,15-16,21,27H2,1H3,(H2,48,50,53)(H2,49,51,54). The third-order valence-corrected chi connectivity index (χ3v) is 11.2. The van der Waals surface area contributed by atoms with Gasteiger partial charge in [-0.2, -0.15) is 5.10 Å². The van der Waals surface area contributed by atoms with Crippen LogP contribution in [0.4, 0.5) is 15.3 Å². The number of urea groups is 2. The highest BCUT2D eigenvalue weighted by Crippen LogP contribution is 2.46. The molecular weight excluding hydrogens is 733 g/mol. The lowest BCUT2D eigenvalue weighted by Crippen LogP contribution is -2.45. The zero-order valence-corrected chi connectivity index (χ0v) is 32.3. The maximum Gasteiger partial charge on any atom is 0.319 e. The summed E-state index contributed by atoms with van der Waals surface area (Å²) in [6.07, 6.45) is 12.3. The van der Waals surface area contributed by atoms with Crippen LogP contribution in [0.3, 0.4) is 0 Å². The molecule has 12 heteroatoms. The van der Waals surface area contributed by atoms with Gasteiger partial charge in [-0.25, -0.2) is 14.6 Å². The smallest absolute Gasteiger partial charge is 0.319 e. The molecule has 7 rings (SSSR count). The molecule has 2 saturated carbocycles. The van der Waals surface area contributed by atoms with Crippen molar-refractivity contribution >= 4 is 41.0 Å². The molecule has 55 heavy (non-hydrogen) atoms. The molecule has 2 fully saturated rings.